The molecule has 0 saturated heterocycles. The van der Waals surface area contributed by atoms with Crippen LogP contribution in [0.1, 0.15) is 49.3 Å². The summed E-state index contributed by atoms with van der Waals surface area (Å²) in [4.78, 5) is 0. The number of benzene rings is 3. The van der Waals surface area contributed by atoms with Crippen molar-refractivity contribution in [3.63, 3.8) is 0 Å². The molecule has 138 valence electrons. The Balaban J connectivity index is 2.21. The first kappa shape index (κ1) is 18.8. The van der Waals surface area contributed by atoms with Gasteiger partial charge in [-0.3, -0.25) is 0 Å². The van der Waals surface area contributed by atoms with Gasteiger partial charge in [0.25, 0.3) is 0 Å². The molecule has 0 aliphatic rings. The maximum absolute atomic E-state index is 9.73. The number of allylic oxidation sites excluding steroid dienone is 1. The number of phenolic OH excluding ortho intramolecular Hbond substituents is 2. The molecule has 0 bridgehead atoms. The van der Waals surface area contributed by atoms with Crippen molar-refractivity contribution in [3.05, 3.63) is 95.6 Å². The number of hydrogen-bond donors (Lipinski definition) is 2. The van der Waals surface area contributed by atoms with Crippen LogP contribution in [0.15, 0.2) is 78.9 Å². The van der Waals surface area contributed by atoms with E-state index in [-0.39, 0.29) is 11.5 Å². The first-order valence-electron chi connectivity index (χ1n) is 9.56. The summed E-state index contributed by atoms with van der Waals surface area (Å²) in [7, 11) is 0. The highest BCUT2D eigenvalue weighted by Gasteiger charge is 2.14. The zero-order chi connectivity index (χ0) is 19.1. The lowest BCUT2D eigenvalue weighted by atomic mass is 9.87. The Hall–Kier alpha value is -3.00. The van der Waals surface area contributed by atoms with Gasteiger partial charge in [-0.2, -0.15) is 0 Å². The van der Waals surface area contributed by atoms with Gasteiger partial charge >= 0.3 is 0 Å². The van der Waals surface area contributed by atoms with Gasteiger partial charge in [0.2, 0.25) is 0 Å². The zero-order valence-corrected chi connectivity index (χ0v) is 15.7. The van der Waals surface area contributed by atoms with Crippen LogP contribution in [0, 0.1) is 0 Å². The summed E-state index contributed by atoms with van der Waals surface area (Å²) in [5.74, 6) is 0.520. The molecule has 0 amide bonds. The molecule has 3 aromatic rings. The van der Waals surface area contributed by atoms with E-state index in [4.69, 9.17) is 0 Å². The molecule has 0 fully saturated rings. The highest BCUT2D eigenvalue weighted by atomic mass is 16.3. The summed E-state index contributed by atoms with van der Waals surface area (Å²) in [5.41, 5.74) is 5.78. The number of phenols is 2. The van der Waals surface area contributed by atoms with Gasteiger partial charge in [0, 0.05) is 0 Å². The van der Waals surface area contributed by atoms with E-state index in [1.54, 1.807) is 24.3 Å². The fraction of sp³-hybridized carbons (Fsp3) is 0.200. The summed E-state index contributed by atoms with van der Waals surface area (Å²) in [6.45, 7) is 2.22. The lowest BCUT2D eigenvalue weighted by Gasteiger charge is -2.18. The monoisotopic (exact) mass is 358 g/mol. The molecule has 0 radical (unpaired) electrons. The van der Waals surface area contributed by atoms with E-state index >= 15 is 0 Å². The standard InChI is InChI=1S/C25H26O2/c1-2-3-5-10-24(19-8-6-4-7-9-19)25(20-11-15-22(26)16-12-20)21-13-17-23(27)18-14-21/h4,6-9,11-18,26-27H,2-3,5,10H2,1H3. The van der Waals surface area contributed by atoms with Crippen LogP contribution in [-0.2, 0) is 0 Å². The van der Waals surface area contributed by atoms with Crippen molar-refractivity contribution in [3.8, 4) is 11.5 Å². The summed E-state index contributed by atoms with van der Waals surface area (Å²) in [6.07, 6.45) is 4.47. The summed E-state index contributed by atoms with van der Waals surface area (Å²) < 4.78 is 0. The minimum absolute atomic E-state index is 0.260. The van der Waals surface area contributed by atoms with Crippen molar-refractivity contribution >= 4 is 11.1 Å². The van der Waals surface area contributed by atoms with Crippen LogP contribution in [0.2, 0.25) is 0 Å². The van der Waals surface area contributed by atoms with E-state index in [0.29, 0.717) is 0 Å². The van der Waals surface area contributed by atoms with E-state index in [0.717, 1.165) is 29.5 Å². The van der Waals surface area contributed by atoms with Gasteiger partial charge in [0.15, 0.2) is 0 Å². The molecule has 0 unspecified atom stereocenters. The van der Waals surface area contributed by atoms with Crippen LogP contribution in [0.5, 0.6) is 11.5 Å². The van der Waals surface area contributed by atoms with Crippen molar-refractivity contribution in [1.82, 2.24) is 0 Å². The molecule has 0 atom stereocenters. The number of hydrogen-bond acceptors (Lipinski definition) is 2. The maximum atomic E-state index is 9.73. The molecule has 0 heterocycles. The topological polar surface area (TPSA) is 40.5 Å². The summed E-state index contributed by atoms with van der Waals surface area (Å²) >= 11 is 0. The second-order valence-corrected chi connectivity index (χ2v) is 6.77. The van der Waals surface area contributed by atoms with Gasteiger partial charge in [0.05, 0.1) is 0 Å². The van der Waals surface area contributed by atoms with Gasteiger partial charge in [-0.05, 0) is 64.9 Å². The Morgan fingerprint density at radius 2 is 1.15 bits per heavy atom. The van der Waals surface area contributed by atoms with Crippen LogP contribution in [0.4, 0.5) is 0 Å². The first-order chi connectivity index (χ1) is 13.2. The number of aromatic hydroxyl groups is 2. The molecule has 0 aliphatic heterocycles. The third kappa shape index (κ3) is 4.79. The first-order valence-corrected chi connectivity index (χ1v) is 9.56. The van der Waals surface area contributed by atoms with E-state index in [1.807, 2.05) is 30.3 Å². The average Bonchev–Trinajstić information content (AvgIpc) is 2.70. The molecule has 0 aromatic heterocycles. The van der Waals surface area contributed by atoms with Crippen LogP contribution < -0.4 is 0 Å². The second-order valence-electron chi connectivity index (χ2n) is 6.77. The van der Waals surface area contributed by atoms with E-state index in [9.17, 15) is 10.2 Å². The molecule has 0 spiro atoms. The Labute approximate surface area is 161 Å². The van der Waals surface area contributed by atoms with Gasteiger partial charge in [-0.1, -0.05) is 74.4 Å². The molecule has 27 heavy (non-hydrogen) atoms. The largest absolute Gasteiger partial charge is 0.508 e. The predicted molar refractivity (Wildman–Crippen MR) is 113 cm³/mol. The molecule has 2 N–H and O–H groups in total. The van der Waals surface area contributed by atoms with E-state index in [2.05, 4.69) is 31.2 Å². The van der Waals surface area contributed by atoms with Gasteiger partial charge in [-0.15, -0.1) is 0 Å². The molecular weight excluding hydrogens is 332 g/mol. The third-order valence-electron chi connectivity index (χ3n) is 4.77. The number of unbranched alkanes of at least 4 members (excludes halogenated alkanes) is 2. The normalized spacial score (nSPS) is 10.6. The fourth-order valence-electron chi connectivity index (χ4n) is 3.38. The molecule has 2 heteroatoms. The fourth-order valence-corrected chi connectivity index (χ4v) is 3.38. The quantitative estimate of drug-likeness (QED) is 0.367. The Bertz CT molecular complexity index is 828. The smallest absolute Gasteiger partial charge is 0.115 e. The molecule has 0 aliphatic carbocycles. The van der Waals surface area contributed by atoms with Gasteiger partial charge < -0.3 is 10.2 Å². The van der Waals surface area contributed by atoms with Crippen LogP contribution in [-0.4, -0.2) is 10.2 Å². The Morgan fingerprint density at radius 1 is 0.630 bits per heavy atom. The average molecular weight is 358 g/mol. The minimum atomic E-state index is 0.260. The Kier molecular flexibility index (Phi) is 6.32. The van der Waals surface area contributed by atoms with E-state index < -0.39 is 0 Å². The molecule has 3 aromatic carbocycles. The van der Waals surface area contributed by atoms with Crippen LogP contribution in [0.25, 0.3) is 11.1 Å². The highest BCUT2D eigenvalue weighted by molar-refractivity contribution is 5.98. The molecule has 3 rings (SSSR count). The lowest BCUT2D eigenvalue weighted by molar-refractivity contribution is 0.475. The van der Waals surface area contributed by atoms with Gasteiger partial charge in [-0.25, -0.2) is 0 Å². The van der Waals surface area contributed by atoms with Crippen molar-refractivity contribution < 1.29 is 10.2 Å². The molecular formula is C25H26O2. The summed E-state index contributed by atoms with van der Waals surface area (Å²) in [6, 6.07) is 25.2. The van der Waals surface area contributed by atoms with Crippen molar-refractivity contribution in [2.75, 3.05) is 0 Å². The minimum Gasteiger partial charge on any atom is -0.508 e. The van der Waals surface area contributed by atoms with Crippen molar-refractivity contribution in [1.29, 1.82) is 0 Å². The molecule has 2 nitrogen and oxygen atoms in total. The van der Waals surface area contributed by atoms with Gasteiger partial charge in [0.1, 0.15) is 11.5 Å². The second kappa shape index (κ2) is 9.09. The maximum Gasteiger partial charge on any atom is 0.115 e. The highest BCUT2D eigenvalue weighted by Crippen LogP contribution is 2.36. The van der Waals surface area contributed by atoms with Crippen molar-refractivity contribution in [2.24, 2.45) is 0 Å². The van der Waals surface area contributed by atoms with Crippen LogP contribution >= 0.6 is 0 Å². The molecule has 0 saturated carbocycles. The SMILES string of the molecule is CCCCCC(=C(c1ccc(O)cc1)c1ccc(O)cc1)c1ccccc1. The van der Waals surface area contributed by atoms with E-state index in [1.165, 1.54) is 24.0 Å². The predicted octanol–water partition coefficient (Wildman–Crippen LogP) is 6.64. The van der Waals surface area contributed by atoms with Crippen LogP contribution in [0.3, 0.4) is 0 Å². The Morgan fingerprint density at radius 3 is 1.63 bits per heavy atom. The lowest BCUT2D eigenvalue weighted by Crippen LogP contribution is -1.96. The third-order valence-corrected chi connectivity index (χ3v) is 4.77. The number of rotatable bonds is 7. The van der Waals surface area contributed by atoms with Crippen molar-refractivity contribution in [2.45, 2.75) is 32.6 Å². The summed E-state index contributed by atoms with van der Waals surface area (Å²) in [5, 5.41) is 19.5. The zero-order valence-electron chi connectivity index (χ0n) is 15.7.